The van der Waals surface area contributed by atoms with E-state index < -0.39 is 0 Å². The summed E-state index contributed by atoms with van der Waals surface area (Å²) in [5.41, 5.74) is 1.32. The van der Waals surface area contributed by atoms with Gasteiger partial charge in [0.1, 0.15) is 5.75 Å². The normalized spacial score (nSPS) is 13.8. The van der Waals surface area contributed by atoms with Gasteiger partial charge in [0, 0.05) is 24.4 Å². The van der Waals surface area contributed by atoms with Crippen LogP contribution in [-0.4, -0.2) is 24.0 Å². The highest BCUT2D eigenvalue weighted by molar-refractivity contribution is 7.10. The second-order valence-electron chi connectivity index (χ2n) is 5.20. The van der Waals surface area contributed by atoms with Crippen molar-refractivity contribution in [3.63, 3.8) is 0 Å². The molecule has 2 aromatic rings. The van der Waals surface area contributed by atoms with Crippen molar-refractivity contribution in [3.05, 3.63) is 52.2 Å². The summed E-state index contributed by atoms with van der Waals surface area (Å²) in [5, 5.41) is 2.12. The van der Waals surface area contributed by atoms with Crippen LogP contribution in [0.2, 0.25) is 0 Å². The van der Waals surface area contributed by atoms with Crippen molar-refractivity contribution >= 4 is 17.2 Å². The van der Waals surface area contributed by atoms with Gasteiger partial charge in [-0.1, -0.05) is 18.2 Å². The summed E-state index contributed by atoms with van der Waals surface area (Å²) in [4.78, 5) is 15.6. The molecule has 21 heavy (non-hydrogen) atoms. The third-order valence-electron chi connectivity index (χ3n) is 3.71. The van der Waals surface area contributed by atoms with E-state index in [1.807, 2.05) is 35.2 Å². The van der Waals surface area contributed by atoms with Crippen LogP contribution in [0, 0.1) is 0 Å². The Labute approximate surface area is 129 Å². The highest BCUT2D eigenvalue weighted by Gasteiger charge is 2.20. The molecule has 0 bridgehead atoms. The van der Waals surface area contributed by atoms with Crippen molar-refractivity contribution in [2.45, 2.75) is 25.8 Å². The molecule has 1 aromatic carbocycles. The number of nitrogens with zero attached hydrogens (tertiary/aromatic N) is 1. The third kappa shape index (κ3) is 3.64. The number of para-hydroxylation sites is 1. The topological polar surface area (TPSA) is 29.5 Å². The van der Waals surface area contributed by atoms with Gasteiger partial charge in [0.05, 0.1) is 6.61 Å². The summed E-state index contributed by atoms with van der Waals surface area (Å²) in [6, 6.07) is 11.9. The first-order valence-corrected chi connectivity index (χ1v) is 8.22. The molecular weight excluding hydrogens is 282 g/mol. The van der Waals surface area contributed by atoms with Gasteiger partial charge in [-0.2, -0.15) is 0 Å². The largest absolute Gasteiger partial charge is 0.494 e. The molecule has 2 heterocycles. The van der Waals surface area contributed by atoms with E-state index in [4.69, 9.17) is 4.74 Å². The number of benzene rings is 1. The molecule has 0 atom stereocenters. The van der Waals surface area contributed by atoms with Gasteiger partial charge in [-0.3, -0.25) is 4.79 Å². The van der Waals surface area contributed by atoms with Gasteiger partial charge in [0.2, 0.25) is 5.91 Å². The van der Waals surface area contributed by atoms with Crippen molar-refractivity contribution < 1.29 is 9.53 Å². The van der Waals surface area contributed by atoms with Crippen LogP contribution in [0.1, 0.15) is 23.3 Å². The first kappa shape index (κ1) is 14.1. The van der Waals surface area contributed by atoms with Crippen molar-refractivity contribution in [1.29, 1.82) is 0 Å². The van der Waals surface area contributed by atoms with Gasteiger partial charge >= 0.3 is 0 Å². The first-order chi connectivity index (χ1) is 10.3. The molecule has 110 valence electrons. The average molecular weight is 301 g/mol. The molecule has 3 nitrogen and oxygen atoms in total. The third-order valence-corrected chi connectivity index (χ3v) is 4.73. The number of carbonyl (C=O) groups is 1. The van der Waals surface area contributed by atoms with Crippen LogP contribution in [0.3, 0.4) is 0 Å². The molecular formula is C17H19NO2S. The molecule has 3 rings (SSSR count). The van der Waals surface area contributed by atoms with E-state index in [2.05, 4.69) is 11.4 Å². The number of thiophene rings is 1. The van der Waals surface area contributed by atoms with Crippen molar-refractivity contribution in [2.75, 3.05) is 13.2 Å². The fraction of sp³-hybridized carbons (Fsp3) is 0.353. The maximum Gasteiger partial charge on any atom is 0.223 e. The minimum Gasteiger partial charge on any atom is -0.494 e. The summed E-state index contributed by atoms with van der Waals surface area (Å²) in [6.45, 7) is 2.22. The molecule has 0 N–H and O–H groups in total. The van der Waals surface area contributed by atoms with E-state index in [1.165, 1.54) is 10.4 Å². The Hall–Kier alpha value is -1.81. The SMILES string of the molecule is O=C(CCCOc1ccccc1)N1CCc2sccc2C1. The number of amides is 1. The Morgan fingerprint density at radius 2 is 2.10 bits per heavy atom. The van der Waals surface area contributed by atoms with E-state index >= 15 is 0 Å². The van der Waals surface area contributed by atoms with Crippen LogP contribution in [0.4, 0.5) is 0 Å². The number of hydrogen-bond acceptors (Lipinski definition) is 3. The van der Waals surface area contributed by atoms with Crippen LogP contribution < -0.4 is 4.74 Å². The zero-order valence-electron chi connectivity index (χ0n) is 12.0. The van der Waals surface area contributed by atoms with Crippen LogP contribution in [-0.2, 0) is 17.8 Å². The first-order valence-electron chi connectivity index (χ1n) is 7.34. The van der Waals surface area contributed by atoms with E-state index in [1.54, 1.807) is 11.3 Å². The zero-order valence-corrected chi connectivity index (χ0v) is 12.8. The summed E-state index contributed by atoms with van der Waals surface area (Å²) < 4.78 is 5.62. The van der Waals surface area contributed by atoms with E-state index in [0.717, 1.165) is 31.7 Å². The zero-order chi connectivity index (χ0) is 14.5. The van der Waals surface area contributed by atoms with Gasteiger partial charge in [0.25, 0.3) is 0 Å². The predicted molar refractivity (Wildman–Crippen MR) is 84.6 cm³/mol. The fourth-order valence-corrected chi connectivity index (χ4v) is 3.44. The molecule has 0 spiro atoms. The molecule has 1 aliphatic rings. The van der Waals surface area contributed by atoms with Crippen molar-refractivity contribution in [2.24, 2.45) is 0 Å². The van der Waals surface area contributed by atoms with Gasteiger partial charge in [0.15, 0.2) is 0 Å². The summed E-state index contributed by atoms with van der Waals surface area (Å²) in [7, 11) is 0. The second-order valence-corrected chi connectivity index (χ2v) is 6.20. The lowest BCUT2D eigenvalue weighted by atomic mass is 10.1. The molecule has 1 amide bonds. The molecule has 0 saturated heterocycles. The summed E-state index contributed by atoms with van der Waals surface area (Å²) >= 11 is 1.80. The Morgan fingerprint density at radius 1 is 1.24 bits per heavy atom. The van der Waals surface area contributed by atoms with Crippen LogP contribution in [0.25, 0.3) is 0 Å². The lowest BCUT2D eigenvalue weighted by Gasteiger charge is -2.27. The standard InChI is InChI=1S/C17H19NO2S/c19-17(7-4-11-20-15-5-2-1-3-6-15)18-10-8-16-14(13-18)9-12-21-16/h1-3,5-6,9,12H,4,7-8,10-11,13H2. The minimum atomic E-state index is 0.239. The molecule has 0 radical (unpaired) electrons. The fourth-order valence-electron chi connectivity index (χ4n) is 2.55. The van der Waals surface area contributed by atoms with Crippen LogP contribution in [0.5, 0.6) is 5.75 Å². The van der Waals surface area contributed by atoms with Crippen molar-refractivity contribution in [1.82, 2.24) is 4.90 Å². The lowest BCUT2D eigenvalue weighted by molar-refractivity contribution is -0.132. The average Bonchev–Trinajstić information content (AvgIpc) is 3.00. The molecule has 0 fully saturated rings. The highest BCUT2D eigenvalue weighted by atomic mass is 32.1. The minimum absolute atomic E-state index is 0.239. The van der Waals surface area contributed by atoms with E-state index in [0.29, 0.717) is 13.0 Å². The quantitative estimate of drug-likeness (QED) is 0.791. The van der Waals surface area contributed by atoms with E-state index in [-0.39, 0.29) is 5.91 Å². The van der Waals surface area contributed by atoms with Gasteiger partial charge < -0.3 is 9.64 Å². The number of hydrogen-bond donors (Lipinski definition) is 0. The molecule has 0 aliphatic carbocycles. The monoisotopic (exact) mass is 301 g/mol. The smallest absolute Gasteiger partial charge is 0.223 e. The Morgan fingerprint density at radius 3 is 2.95 bits per heavy atom. The van der Waals surface area contributed by atoms with Gasteiger partial charge in [-0.15, -0.1) is 11.3 Å². The Balaban J connectivity index is 1.41. The highest BCUT2D eigenvalue weighted by Crippen LogP contribution is 2.24. The molecule has 1 aromatic heterocycles. The number of ether oxygens (including phenoxy) is 1. The van der Waals surface area contributed by atoms with E-state index in [9.17, 15) is 4.79 Å². The predicted octanol–water partition coefficient (Wildman–Crippen LogP) is 3.49. The maximum absolute atomic E-state index is 12.2. The molecule has 0 saturated carbocycles. The van der Waals surface area contributed by atoms with Gasteiger partial charge in [-0.05, 0) is 42.0 Å². The number of carbonyl (C=O) groups excluding carboxylic acids is 1. The molecule has 0 unspecified atom stereocenters. The Bertz CT molecular complexity index is 594. The summed E-state index contributed by atoms with van der Waals surface area (Å²) in [5.74, 6) is 1.11. The number of fused-ring (bicyclic) bond motifs is 1. The second kappa shape index (κ2) is 6.76. The Kier molecular flexibility index (Phi) is 4.55. The van der Waals surface area contributed by atoms with Gasteiger partial charge in [-0.25, -0.2) is 0 Å². The lowest BCUT2D eigenvalue weighted by Crippen LogP contribution is -2.35. The summed E-state index contributed by atoms with van der Waals surface area (Å²) in [6.07, 6.45) is 2.33. The van der Waals surface area contributed by atoms with Crippen LogP contribution in [0.15, 0.2) is 41.8 Å². The maximum atomic E-state index is 12.2. The molecule has 1 aliphatic heterocycles. The van der Waals surface area contributed by atoms with Crippen molar-refractivity contribution in [3.8, 4) is 5.75 Å². The molecule has 4 heteroatoms. The number of rotatable bonds is 5. The van der Waals surface area contributed by atoms with Crippen LogP contribution >= 0.6 is 11.3 Å².